The second kappa shape index (κ2) is 6.01. The van der Waals surface area contributed by atoms with Crippen molar-refractivity contribution in [2.75, 3.05) is 0 Å². The van der Waals surface area contributed by atoms with Crippen LogP contribution in [0, 0.1) is 11.8 Å². The van der Waals surface area contributed by atoms with Gasteiger partial charge in [0.05, 0.1) is 6.26 Å². The molecule has 1 heterocycles. The van der Waals surface area contributed by atoms with Gasteiger partial charge < -0.3 is 9.73 Å². The maximum Gasteiger partial charge on any atom is 0.134 e. The first-order chi connectivity index (χ1) is 9.75. The van der Waals surface area contributed by atoms with Crippen LogP contribution in [0.25, 0.3) is 11.0 Å². The van der Waals surface area contributed by atoms with Crippen LogP contribution in [0.1, 0.15) is 45.1 Å². The summed E-state index contributed by atoms with van der Waals surface area (Å²) in [7, 11) is 0. The quantitative estimate of drug-likeness (QED) is 0.869. The molecule has 1 saturated carbocycles. The lowest BCUT2D eigenvalue weighted by atomic mass is 9.78. The van der Waals surface area contributed by atoms with E-state index in [9.17, 15) is 0 Å². The van der Waals surface area contributed by atoms with Crippen molar-refractivity contribution >= 4 is 11.0 Å². The molecule has 2 atom stereocenters. The van der Waals surface area contributed by atoms with Crippen LogP contribution < -0.4 is 5.32 Å². The summed E-state index contributed by atoms with van der Waals surface area (Å²) in [5.41, 5.74) is 2.28. The highest BCUT2D eigenvalue weighted by Gasteiger charge is 2.27. The molecule has 1 N–H and O–H groups in total. The molecule has 2 heteroatoms. The molecule has 0 amide bonds. The molecule has 2 aromatic rings. The third kappa shape index (κ3) is 2.76. The molecule has 0 saturated heterocycles. The monoisotopic (exact) mass is 271 g/mol. The molecule has 1 aromatic heterocycles. The summed E-state index contributed by atoms with van der Waals surface area (Å²) in [5, 5.41) is 5.03. The van der Waals surface area contributed by atoms with Gasteiger partial charge in [-0.05, 0) is 30.7 Å². The fraction of sp³-hybridized carbons (Fsp3) is 0.556. The lowest BCUT2D eigenvalue weighted by Crippen LogP contribution is -2.40. The third-order valence-electron chi connectivity index (χ3n) is 4.79. The maximum absolute atomic E-state index is 5.62. The van der Waals surface area contributed by atoms with Crippen molar-refractivity contribution < 1.29 is 4.42 Å². The van der Waals surface area contributed by atoms with Gasteiger partial charge in [0.1, 0.15) is 5.58 Å². The predicted octanol–water partition coefficient (Wildman–Crippen LogP) is 4.74. The zero-order chi connectivity index (χ0) is 13.9. The van der Waals surface area contributed by atoms with Crippen molar-refractivity contribution in [3.8, 4) is 0 Å². The van der Waals surface area contributed by atoms with Crippen LogP contribution in [-0.4, -0.2) is 6.04 Å². The van der Waals surface area contributed by atoms with E-state index in [1.54, 1.807) is 0 Å². The molecule has 2 nitrogen and oxygen atoms in total. The van der Waals surface area contributed by atoms with Crippen LogP contribution in [0.2, 0.25) is 0 Å². The number of fused-ring (bicyclic) bond motifs is 1. The lowest BCUT2D eigenvalue weighted by molar-refractivity contribution is 0.204. The van der Waals surface area contributed by atoms with E-state index >= 15 is 0 Å². The van der Waals surface area contributed by atoms with Crippen LogP contribution in [0.5, 0.6) is 0 Å². The fourth-order valence-electron chi connectivity index (χ4n) is 3.62. The Labute approximate surface area is 121 Å². The average Bonchev–Trinajstić information content (AvgIpc) is 2.88. The smallest absolute Gasteiger partial charge is 0.134 e. The zero-order valence-electron chi connectivity index (χ0n) is 12.6. The van der Waals surface area contributed by atoms with Crippen molar-refractivity contribution in [1.29, 1.82) is 0 Å². The Morgan fingerprint density at radius 3 is 2.85 bits per heavy atom. The minimum absolute atomic E-state index is 0.664. The molecule has 2 unspecified atom stereocenters. The average molecular weight is 271 g/mol. The van der Waals surface area contributed by atoms with E-state index in [1.807, 2.05) is 18.4 Å². The van der Waals surface area contributed by atoms with Crippen LogP contribution >= 0.6 is 0 Å². The van der Waals surface area contributed by atoms with E-state index in [-0.39, 0.29) is 0 Å². The first kappa shape index (κ1) is 13.7. The fourth-order valence-corrected chi connectivity index (χ4v) is 3.62. The summed E-state index contributed by atoms with van der Waals surface area (Å²) < 4.78 is 5.62. The van der Waals surface area contributed by atoms with E-state index in [2.05, 4.69) is 31.3 Å². The van der Waals surface area contributed by atoms with Gasteiger partial charge in [0.2, 0.25) is 0 Å². The van der Waals surface area contributed by atoms with Gasteiger partial charge in [-0.1, -0.05) is 44.9 Å². The van der Waals surface area contributed by atoms with E-state index in [1.165, 1.54) is 36.6 Å². The molecule has 1 aromatic carbocycles. The van der Waals surface area contributed by atoms with Gasteiger partial charge in [0.15, 0.2) is 0 Å². The van der Waals surface area contributed by atoms with Crippen molar-refractivity contribution in [1.82, 2.24) is 5.32 Å². The highest BCUT2D eigenvalue weighted by atomic mass is 16.3. The van der Waals surface area contributed by atoms with Gasteiger partial charge in [0.25, 0.3) is 0 Å². The van der Waals surface area contributed by atoms with Gasteiger partial charge >= 0.3 is 0 Å². The number of hydrogen-bond acceptors (Lipinski definition) is 2. The minimum atomic E-state index is 0.664. The Morgan fingerprint density at radius 1 is 1.20 bits per heavy atom. The number of nitrogens with one attached hydrogen (secondary N) is 1. The van der Waals surface area contributed by atoms with Gasteiger partial charge in [-0.25, -0.2) is 0 Å². The number of rotatable bonds is 4. The Kier molecular flexibility index (Phi) is 4.11. The summed E-state index contributed by atoms with van der Waals surface area (Å²) in [4.78, 5) is 0. The summed E-state index contributed by atoms with van der Waals surface area (Å²) in [5.74, 6) is 1.59. The van der Waals surface area contributed by atoms with Gasteiger partial charge in [0, 0.05) is 23.5 Å². The molecule has 1 fully saturated rings. The second-order valence-electron chi connectivity index (χ2n) is 6.44. The van der Waals surface area contributed by atoms with Crippen molar-refractivity contribution in [2.45, 2.75) is 52.1 Å². The largest absolute Gasteiger partial charge is 0.464 e. The molecule has 1 aliphatic carbocycles. The molecular formula is C18H25NO. The molecule has 0 radical (unpaired) electrons. The van der Waals surface area contributed by atoms with Crippen molar-refractivity contribution in [2.24, 2.45) is 11.8 Å². The zero-order valence-corrected chi connectivity index (χ0v) is 12.6. The summed E-state index contributed by atoms with van der Waals surface area (Å²) in [6.45, 7) is 5.64. The minimum Gasteiger partial charge on any atom is -0.464 e. The summed E-state index contributed by atoms with van der Waals surface area (Å²) in [6.07, 6.45) is 7.37. The van der Waals surface area contributed by atoms with Gasteiger partial charge in [-0.3, -0.25) is 0 Å². The SMILES string of the molecule is CC(C)C1CCCCC1NCc1coc2ccccc12. The Morgan fingerprint density at radius 2 is 2.00 bits per heavy atom. The Bertz CT molecular complexity index is 557. The second-order valence-corrected chi connectivity index (χ2v) is 6.44. The van der Waals surface area contributed by atoms with Crippen LogP contribution in [-0.2, 0) is 6.54 Å². The first-order valence-electron chi connectivity index (χ1n) is 7.94. The molecule has 1 aliphatic rings. The molecular weight excluding hydrogens is 246 g/mol. The molecule has 108 valence electrons. The molecule has 0 spiro atoms. The lowest BCUT2D eigenvalue weighted by Gasteiger charge is -2.35. The Balaban J connectivity index is 1.69. The normalized spacial score (nSPS) is 23.6. The molecule has 0 bridgehead atoms. The molecule has 3 rings (SSSR count). The highest BCUT2D eigenvalue weighted by molar-refractivity contribution is 5.80. The number of hydrogen-bond donors (Lipinski definition) is 1. The van der Waals surface area contributed by atoms with E-state index in [0.29, 0.717) is 6.04 Å². The first-order valence-corrected chi connectivity index (χ1v) is 7.94. The van der Waals surface area contributed by atoms with Crippen molar-refractivity contribution in [3.63, 3.8) is 0 Å². The van der Waals surface area contributed by atoms with Crippen LogP contribution in [0.3, 0.4) is 0 Å². The number of benzene rings is 1. The van der Waals surface area contributed by atoms with Gasteiger partial charge in [-0.15, -0.1) is 0 Å². The summed E-state index contributed by atoms with van der Waals surface area (Å²) >= 11 is 0. The van der Waals surface area contributed by atoms with E-state index < -0.39 is 0 Å². The summed E-state index contributed by atoms with van der Waals surface area (Å²) in [6, 6.07) is 8.96. The third-order valence-corrected chi connectivity index (χ3v) is 4.79. The van der Waals surface area contributed by atoms with E-state index in [0.717, 1.165) is 24.0 Å². The predicted molar refractivity (Wildman–Crippen MR) is 83.6 cm³/mol. The molecule has 20 heavy (non-hydrogen) atoms. The maximum atomic E-state index is 5.62. The highest BCUT2D eigenvalue weighted by Crippen LogP contribution is 2.30. The number of furan rings is 1. The standard InChI is InChI=1S/C18H25NO/c1-13(2)15-7-3-5-9-17(15)19-11-14-12-20-18-10-6-4-8-16(14)18/h4,6,8,10,12-13,15,17,19H,3,5,7,9,11H2,1-2H3. The van der Waals surface area contributed by atoms with Crippen molar-refractivity contribution in [3.05, 3.63) is 36.1 Å². The van der Waals surface area contributed by atoms with E-state index in [4.69, 9.17) is 4.42 Å². The molecule has 0 aliphatic heterocycles. The van der Waals surface area contributed by atoms with Crippen LogP contribution in [0.15, 0.2) is 34.9 Å². The van der Waals surface area contributed by atoms with Gasteiger partial charge in [-0.2, -0.15) is 0 Å². The number of para-hydroxylation sites is 1. The topological polar surface area (TPSA) is 25.2 Å². The van der Waals surface area contributed by atoms with Crippen LogP contribution in [0.4, 0.5) is 0 Å². The Hall–Kier alpha value is -1.28.